The molecule has 1 atom stereocenters. The topological polar surface area (TPSA) is 62.6 Å². The van der Waals surface area contributed by atoms with Crippen molar-refractivity contribution in [1.29, 1.82) is 0 Å². The minimum atomic E-state index is -3.56. The Morgan fingerprint density at radius 3 is 2.67 bits per heavy atom. The molecule has 5 nitrogen and oxygen atoms in total. The van der Waals surface area contributed by atoms with Gasteiger partial charge in [0.15, 0.2) is 4.67 Å². The van der Waals surface area contributed by atoms with Crippen LogP contribution >= 0.6 is 27.7 Å². The first kappa shape index (κ1) is 19.0. The van der Waals surface area contributed by atoms with Gasteiger partial charge in [0.25, 0.3) is 0 Å². The number of nitrogens with zero attached hydrogens (tertiary/aromatic N) is 1. The van der Waals surface area contributed by atoms with Gasteiger partial charge in [-0.1, -0.05) is 13.8 Å². The molecule has 0 amide bonds. The first-order valence-corrected chi connectivity index (χ1v) is 10.5. The summed E-state index contributed by atoms with van der Waals surface area (Å²) in [4.78, 5) is 0.192. The van der Waals surface area contributed by atoms with Crippen LogP contribution in [0.15, 0.2) is 20.0 Å². The van der Waals surface area contributed by atoms with Crippen LogP contribution in [-0.2, 0) is 16.6 Å². The van der Waals surface area contributed by atoms with Gasteiger partial charge in [-0.2, -0.15) is 16.1 Å². The number of hydrogen-bond donors (Lipinski definition) is 1. The van der Waals surface area contributed by atoms with E-state index in [-0.39, 0.29) is 15.6 Å². The summed E-state index contributed by atoms with van der Waals surface area (Å²) in [5.74, 6) is 1.37. The Hall–Kier alpha value is -0.0200. The summed E-state index contributed by atoms with van der Waals surface area (Å²) in [6.07, 6.45) is 2.75. The fourth-order valence-electron chi connectivity index (χ4n) is 1.93. The highest BCUT2D eigenvalue weighted by Crippen LogP contribution is 2.29. The number of sulfonamides is 1. The van der Waals surface area contributed by atoms with Gasteiger partial charge in [-0.25, -0.2) is 8.42 Å². The minimum absolute atomic E-state index is 0.0241. The number of nitrogens with one attached hydrogen (secondary N) is 1. The molecule has 0 aliphatic rings. The Kier molecular flexibility index (Phi) is 7.77. The summed E-state index contributed by atoms with van der Waals surface area (Å²) < 4.78 is 32.6. The zero-order valence-electron chi connectivity index (χ0n) is 12.8. The Labute approximate surface area is 140 Å². The molecular formula is C13H23BrN2O3S2. The average Bonchev–Trinajstić information content (AvgIpc) is 2.83. The average molecular weight is 399 g/mol. The van der Waals surface area contributed by atoms with E-state index in [4.69, 9.17) is 4.42 Å². The fourth-order valence-corrected chi connectivity index (χ4v) is 5.26. The van der Waals surface area contributed by atoms with E-state index in [1.165, 1.54) is 4.31 Å². The van der Waals surface area contributed by atoms with E-state index in [1.54, 1.807) is 24.9 Å². The molecule has 0 fully saturated rings. The molecule has 8 heteroatoms. The number of rotatable bonds is 9. The summed E-state index contributed by atoms with van der Waals surface area (Å²) in [6.45, 7) is 5.29. The molecule has 1 heterocycles. The van der Waals surface area contributed by atoms with Crippen LogP contribution in [0.1, 0.15) is 26.0 Å². The lowest BCUT2D eigenvalue weighted by atomic mass is 10.3. The monoisotopic (exact) mass is 398 g/mol. The van der Waals surface area contributed by atoms with E-state index in [1.807, 2.05) is 20.1 Å². The summed E-state index contributed by atoms with van der Waals surface area (Å²) in [7, 11) is -1.93. The van der Waals surface area contributed by atoms with Crippen LogP contribution in [0.25, 0.3) is 0 Å². The summed E-state index contributed by atoms with van der Waals surface area (Å²) >= 11 is 4.86. The van der Waals surface area contributed by atoms with Gasteiger partial charge in [-0.15, -0.1) is 0 Å². The van der Waals surface area contributed by atoms with Gasteiger partial charge in [-0.3, -0.25) is 0 Å². The van der Waals surface area contributed by atoms with E-state index in [0.717, 1.165) is 18.7 Å². The molecule has 1 aromatic heterocycles. The minimum Gasteiger partial charge on any atom is -0.452 e. The van der Waals surface area contributed by atoms with Crippen LogP contribution in [0.2, 0.25) is 0 Å². The smallest absolute Gasteiger partial charge is 0.247 e. The molecule has 0 spiro atoms. The lowest BCUT2D eigenvalue weighted by Gasteiger charge is -2.25. The summed E-state index contributed by atoms with van der Waals surface area (Å²) in [5, 5.41) is 3.11. The zero-order valence-corrected chi connectivity index (χ0v) is 16.1. The largest absolute Gasteiger partial charge is 0.452 e. The summed E-state index contributed by atoms with van der Waals surface area (Å²) in [6, 6.07) is 1.56. The van der Waals surface area contributed by atoms with E-state index >= 15 is 0 Å². The van der Waals surface area contributed by atoms with Gasteiger partial charge in [0, 0.05) is 24.9 Å². The standard InChI is InChI=1S/C13H23BrN2O3S2/c1-5-10(9-20-4)16(3)21(17,18)12-7-11(8-15-6-2)19-13(12)14/h7,10,15H,5-6,8-9H2,1-4H3. The molecule has 0 saturated carbocycles. The van der Waals surface area contributed by atoms with Crippen LogP contribution in [0, 0.1) is 0 Å². The molecule has 122 valence electrons. The highest BCUT2D eigenvalue weighted by Gasteiger charge is 2.30. The van der Waals surface area contributed by atoms with Crippen LogP contribution in [-0.4, -0.2) is 44.4 Å². The van der Waals surface area contributed by atoms with E-state index < -0.39 is 10.0 Å². The third-order valence-corrected chi connectivity index (χ3v) is 6.74. The lowest BCUT2D eigenvalue weighted by molar-refractivity contribution is 0.384. The molecule has 0 saturated heterocycles. The van der Waals surface area contributed by atoms with Gasteiger partial charge in [-0.05, 0) is 35.2 Å². The molecule has 0 aliphatic heterocycles. The molecule has 0 bridgehead atoms. The Morgan fingerprint density at radius 2 is 2.14 bits per heavy atom. The Bertz CT molecular complexity index is 546. The molecule has 0 aromatic carbocycles. The lowest BCUT2D eigenvalue weighted by Crippen LogP contribution is -2.38. The van der Waals surface area contributed by atoms with Crippen molar-refractivity contribution in [3.05, 3.63) is 16.5 Å². The van der Waals surface area contributed by atoms with Crippen molar-refractivity contribution in [2.75, 3.05) is 25.6 Å². The number of hydrogen-bond acceptors (Lipinski definition) is 5. The molecule has 0 radical (unpaired) electrons. The second-order valence-electron chi connectivity index (χ2n) is 4.67. The first-order chi connectivity index (χ1) is 9.88. The summed E-state index contributed by atoms with van der Waals surface area (Å²) in [5.41, 5.74) is 0. The third kappa shape index (κ3) is 4.72. The molecule has 1 N–H and O–H groups in total. The molecule has 0 aliphatic carbocycles. The number of halogens is 1. The van der Waals surface area contributed by atoms with Crippen LogP contribution in [0.3, 0.4) is 0 Å². The number of furan rings is 1. The van der Waals surface area contributed by atoms with E-state index in [0.29, 0.717) is 12.3 Å². The fraction of sp³-hybridized carbons (Fsp3) is 0.692. The molecule has 1 unspecified atom stereocenters. The van der Waals surface area contributed by atoms with Crippen molar-refractivity contribution in [3.8, 4) is 0 Å². The second kappa shape index (κ2) is 8.57. The van der Waals surface area contributed by atoms with Crippen molar-refractivity contribution >= 4 is 37.7 Å². The van der Waals surface area contributed by atoms with E-state index in [2.05, 4.69) is 21.2 Å². The van der Waals surface area contributed by atoms with Crippen LogP contribution < -0.4 is 5.32 Å². The third-order valence-electron chi connectivity index (χ3n) is 3.26. The quantitative estimate of drug-likeness (QED) is 0.692. The maximum Gasteiger partial charge on any atom is 0.247 e. The predicted molar refractivity (Wildman–Crippen MR) is 91.2 cm³/mol. The Morgan fingerprint density at radius 1 is 1.48 bits per heavy atom. The zero-order chi connectivity index (χ0) is 16.0. The maximum absolute atomic E-state index is 12.7. The normalized spacial score (nSPS) is 13.8. The first-order valence-electron chi connectivity index (χ1n) is 6.84. The maximum atomic E-state index is 12.7. The van der Waals surface area contributed by atoms with Crippen molar-refractivity contribution < 1.29 is 12.8 Å². The highest BCUT2D eigenvalue weighted by atomic mass is 79.9. The molecule has 1 rings (SSSR count). The van der Waals surface area contributed by atoms with Crippen molar-refractivity contribution in [2.45, 2.75) is 37.8 Å². The highest BCUT2D eigenvalue weighted by molar-refractivity contribution is 9.10. The van der Waals surface area contributed by atoms with Crippen molar-refractivity contribution in [2.24, 2.45) is 0 Å². The van der Waals surface area contributed by atoms with Crippen LogP contribution in [0.5, 0.6) is 0 Å². The van der Waals surface area contributed by atoms with Crippen LogP contribution in [0.4, 0.5) is 0 Å². The molecule has 21 heavy (non-hydrogen) atoms. The van der Waals surface area contributed by atoms with E-state index in [9.17, 15) is 8.42 Å². The van der Waals surface area contributed by atoms with Gasteiger partial charge in [0.2, 0.25) is 10.0 Å². The van der Waals surface area contributed by atoms with Gasteiger partial charge >= 0.3 is 0 Å². The molecular weight excluding hydrogens is 376 g/mol. The number of thioether (sulfide) groups is 1. The van der Waals surface area contributed by atoms with Crippen molar-refractivity contribution in [3.63, 3.8) is 0 Å². The second-order valence-corrected chi connectivity index (χ2v) is 8.27. The SMILES string of the molecule is CCNCc1cc(S(=O)(=O)N(C)C(CC)CSC)c(Br)o1. The van der Waals surface area contributed by atoms with Crippen molar-refractivity contribution in [1.82, 2.24) is 9.62 Å². The molecule has 1 aromatic rings. The van der Waals surface area contributed by atoms with Gasteiger partial charge in [0.05, 0.1) is 6.54 Å². The predicted octanol–water partition coefficient (Wildman–Crippen LogP) is 2.91. The Balaban J connectivity index is 3.03. The van der Waals surface area contributed by atoms with Gasteiger partial charge < -0.3 is 9.73 Å². The van der Waals surface area contributed by atoms with Gasteiger partial charge in [0.1, 0.15) is 10.7 Å².